The first-order valence-electron chi connectivity index (χ1n) is 9.50. The van der Waals surface area contributed by atoms with Crippen LogP contribution in [0.1, 0.15) is 52.7 Å². The molecule has 0 aliphatic carbocycles. The van der Waals surface area contributed by atoms with Crippen LogP contribution < -0.4 is 0 Å². The third-order valence-corrected chi connectivity index (χ3v) is 5.62. The van der Waals surface area contributed by atoms with Gasteiger partial charge in [-0.05, 0) is 38.8 Å². The molecule has 0 aromatic heterocycles. The van der Waals surface area contributed by atoms with Gasteiger partial charge in [-0.2, -0.15) is 0 Å². The van der Waals surface area contributed by atoms with E-state index in [9.17, 15) is 0 Å². The molecule has 3 nitrogen and oxygen atoms in total. The molecular weight excluding hydrogens is 341 g/mol. The lowest BCUT2D eigenvalue weighted by molar-refractivity contribution is 0.164. The van der Waals surface area contributed by atoms with Gasteiger partial charge in [-0.1, -0.05) is 74.5 Å². The second-order valence-corrected chi connectivity index (χ2v) is 7.78. The molecule has 4 heteroatoms. The predicted octanol–water partition coefficient (Wildman–Crippen LogP) is 6.79. The van der Waals surface area contributed by atoms with Crippen molar-refractivity contribution in [3.63, 3.8) is 0 Å². The molecule has 2 rings (SSSR count). The zero-order chi connectivity index (χ0) is 19.4. The lowest BCUT2D eigenvalue weighted by Crippen LogP contribution is -2.33. The average molecular weight is 375 g/mol. The molecule has 2 aromatic carbocycles. The van der Waals surface area contributed by atoms with Crippen molar-refractivity contribution in [2.24, 2.45) is 0 Å². The maximum absolute atomic E-state index is 6.20. The van der Waals surface area contributed by atoms with Crippen LogP contribution in [-0.4, -0.2) is 16.8 Å². The van der Waals surface area contributed by atoms with Crippen molar-refractivity contribution in [2.75, 3.05) is 0 Å². The molecule has 0 heterocycles. The molecule has 0 saturated heterocycles. The minimum atomic E-state index is -1.12. The Morgan fingerprint density at radius 3 is 1.35 bits per heavy atom. The van der Waals surface area contributed by atoms with Crippen LogP contribution in [0, 0.1) is 0 Å². The van der Waals surface area contributed by atoms with Gasteiger partial charge in [0.15, 0.2) is 0 Å². The number of rotatable bonds is 9. The molecule has 0 spiro atoms. The second kappa shape index (κ2) is 13.0. The van der Waals surface area contributed by atoms with E-state index in [0.717, 1.165) is 0 Å². The van der Waals surface area contributed by atoms with Crippen molar-refractivity contribution in [1.29, 1.82) is 0 Å². The van der Waals surface area contributed by atoms with Crippen molar-refractivity contribution in [3.05, 3.63) is 71.8 Å². The molecule has 0 amide bonds. The summed E-state index contributed by atoms with van der Waals surface area (Å²) in [6.07, 6.45) is 0. The van der Waals surface area contributed by atoms with Crippen molar-refractivity contribution in [3.8, 4) is 0 Å². The molecule has 2 aromatic rings. The smallest absolute Gasteiger partial charge is 0.259 e. The molecule has 0 aliphatic heterocycles. The zero-order valence-electron chi connectivity index (χ0n) is 17.1. The summed E-state index contributed by atoms with van der Waals surface area (Å²) in [5.74, 6) is 0. The van der Waals surface area contributed by atoms with Gasteiger partial charge in [0.25, 0.3) is 8.53 Å². The SMILES string of the molecule is CC.CC(C)N(C(C)C)P(OCc1ccccc1)OCc1ccccc1. The van der Waals surface area contributed by atoms with E-state index in [4.69, 9.17) is 9.05 Å². The van der Waals surface area contributed by atoms with Crippen molar-refractivity contribution < 1.29 is 9.05 Å². The summed E-state index contributed by atoms with van der Waals surface area (Å²) < 4.78 is 14.7. The number of nitrogens with zero attached hydrogens (tertiary/aromatic N) is 1. The Hall–Kier alpha value is -1.25. The molecule has 0 atom stereocenters. The fourth-order valence-electron chi connectivity index (χ4n) is 2.55. The summed E-state index contributed by atoms with van der Waals surface area (Å²) in [6, 6.07) is 21.2. The number of hydrogen-bond acceptors (Lipinski definition) is 3. The van der Waals surface area contributed by atoms with Crippen molar-refractivity contribution >= 4 is 8.53 Å². The molecule has 144 valence electrons. The minimum Gasteiger partial charge on any atom is -0.317 e. The van der Waals surface area contributed by atoms with Gasteiger partial charge in [-0.15, -0.1) is 0 Å². The topological polar surface area (TPSA) is 21.7 Å². The molecule has 0 aliphatic rings. The Balaban J connectivity index is 0.00000163. The molecule has 0 N–H and O–H groups in total. The van der Waals surface area contributed by atoms with Crippen LogP contribution in [0.5, 0.6) is 0 Å². The van der Waals surface area contributed by atoms with Gasteiger partial charge in [-0.25, -0.2) is 4.67 Å². The summed E-state index contributed by atoms with van der Waals surface area (Å²) in [7, 11) is -1.12. The lowest BCUT2D eigenvalue weighted by Gasteiger charge is -2.35. The van der Waals surface area contributed by atoms with E-state index in [2.05, 4.69) is 56.6 Å². The van der Waals surface area contributed by atoms with E-state index in [1.807, 2.05) is 50.2 Å². The van der Waals surface area contributed by atoms with Crippen LogP contribution in [0.25, 0.3) is 0 Å². The van der Waals surface area contributed by atoms with Crippen molar-refractivity contribution in [1.82, 2.24) is 4.67 Å². The Bertz CT molecular complexity index is 524. The van der Waals surface area contributed by atoms with Gasteiger partial charge >= 0.3 is 0 Å². The highest BCUT2D eigenvalue weighted by Crippen LogP contribution is 2.47. The van der Waals surface area contributed by atoms with E-state index in [1.54, 1.807) is 0 Å². The Morgan fingerprint density at radius 2 is 1.04 bits per heavy atom. The highest BCUT2D eigenvalue weighted by molar-refractivity contribution is 7.44. The molecule has 0 fully saturated rings. The normalized spacial score (nSPS) is 11.2. The molecular formula is C22H34NO2P. The summed E-state index contributed by atoms with van der Waals surface area (Å²) >= 11 is 0. The zero-order valence-corrected chi connectivity index (χ0v) is 17.9. The molecule has 0 saturated carbocycles. The monoisotopic (exact) mass is 375 g/mol. The van der Waals surface area contributed by atoms with Gasteiger partial charge in [0.1, 0.15) is 0 Å². The molecule has 0 radical (unpaired) electrons. The van der Waals surface area contributed by atoms with Gasteiger partial charge in [-0.3, -0.25) is 0 Å². The summed E-state index contributed by atoms with van der Waals surface area (Å²) in [5.41, 5.74) is 2.33. The molecule has 26 heavy (non-hydrogen) atoms. The first-order chi connectivity index (χ1) is 12.6. The standard InChI is InChI=1S/C20H28NO2P.C2H6/c1-17(2)21(18(3)4)24(22-15-19-11-7-5-8-12-19)23-16-20-13-9-6-10-14-20;1-2/h5-14,17-18H,15-16H2,1-4H3;1-2H3. The largest absolute Gasteiger partial charge is 0.317 e. The highest BCUT2D eigenvalue weighted by Gasteiger charge is 2.27. The fourth-order valence-corrected chi connectivity index (χ4v) is 4.17. The van der Waals surface area contributed by atoms with Crippen LogP contribution in [0.15, 0.2) is 60.7 Å². The van der Waals surface area contributed by atoms with Gasteiger partial charge < -0.3 is 9.05 Å². The lowest BCUT2D eigenvalue weighted by atomic mass is 10.2. The summed E-state index contributed by atoms with van der Waals surface area (Å²) in [6.45, 7) is 13.9. The Labute approximate surface area is 161 Å². The third-order valence-electron chi connectivity index (χ3n) is 3.62. The average Bonchev–Trinajstić information content (AvgIpc) is 2.66. The number of hydrogen-bond donors (Lipinski definition) is 0. The van der Waals surface area contributed by atoms with Crippen LogP contribution in [-0.2, 0) is 22.3 Å². The van der Waals surface area contributed by atoms with E-state index in [0.29, 0.717) is 25.3 Å². The first-order valence-corrected chi connectivity index (χ1v) is 10.6. The first kappa shape index (κ1) is 22.8. The van der Waals surface area contributed by atoms with E-state index >= 15 is 0 Å². The number of benzene rings is 2. The predicted molar refractivity (Wildman–Crippen MR) is 113 cm³/mol. The van der Waals surface area contributed by atoms with Gasteiger partial charge in [0.05, 0.1) is 13.2 Å². The van der Waals surface area contributed by atoms with Crippen molar-refractivity contribution in [2.45, 2.75) is 66.8 Å². The minimum absolute atomic E-state index is 0.364. The molecule has 0 bridgehead atoms. The highest BCUT2D eigenvalue weighted by atomic mass is 31.2. The fraction of sp³-hybridized carbons (Fsp3) is 0.455. The Kier molecular flexibility index (Phi) is 11.4. The second-order valence-electron chi connectivity index (χ2n) is 6.32. The Morgan fingerprint density at radius 1 is 0.692 bits per heavy atom. The summed E-state index contributed by atoms with van der Waals surface area (Å²) in [5, 5.41) is 0. The van der Waals surface area contributed by atoms with E-state index in [-0.39, 0.29) is 0 Å². The summed E-state index contributed by atoms with van der Waals surface area (Å²) in [4.78, 5) is 0. The maximum Gasteiger partial charge on any atom is 0.259 e. The van der Waals surface area contributed by atoms with Crippen LogP contribution in [0.4, 0.5) is 0 Å². The molecule has 0 unspecified atom stereocenters. The van der Waals surface area contributed by atoms with E-state index in [1.165, 1.54) is 11.1 Å². The quantitative estimate of drug-likeness (QED) is 0.450. The third kappa shape index (κ3) is 7.97. The maximum atomic E-state index is 6.20. The van der Waals surface area contributed by atoms with Gasteiger partial charge in [0.2, 0.25) is 0 Å². The van der Waals surface area contributed by atoms with Crippen LogP contribution in [0.3, 0.4) is 0 Å². The van der Waals surface area contributed by atoms with Gasteiger partial charge in [0, 0.05) is 12.1 Å². The van der Waals surface area contributed by atoms with Crippen LogP contribution in [0.2, 0.25) is 0 Å². The van der Waals surface area contributed by atoms with E-state index < -0.39 is 8.53 Å². The van der Waals surface area contributed by atoms with Crippen LogP contribution >= 0.6 is 8.53 Å².